The lowest BCUT2D eigenvalue weighted by atomic mass is 10.2. The average Bonchev–Trinajstić information content (AvgIpc) is 3.06. The Labute approximate surface area is 197 Å². The normalized spacial score (nSPS) is 11.6. The highest BCUT2D eigenvalue weighted by molar-refractivity contribution is 6.31. The number of methoxy groups -OCH3 is 1. The predicted octanol–water partition coefficient (Wildman–Crippen LogP) is 7.59. The molecule has 0 bridgehead atoms. The van der Waals surface area contributed by atoms with Crippen LogP contribution in [0.1, 0.15) is 21.6 Å². The van der Waals surface area contributed by atoms with Gasteiger partial charge >= 0.3 is 12.1 Å². The van der Waals surface area contributed by atoms with Crippen LogP contribution in [0, 0.1) is 0 Å². The van der Waals surface area contributed by atoms with E-state index in [-0.39, 0.29) is 23.7 Å². The maximum atomic E-state index is 12.9. The summed E-state index contributed by atoms with van der Waals surface area (Å²) in [7, 11) is 1.24. The van der Waals surface area contributed by atoms with Crippen molar-refractivity contribution in [1.82, 2.24) is 4.57 Å². The Balaban J connectivity index is 1.86. The molecule has 0 aliphatic carbocycles. The molecule has 1 aromatic heterocycles. The van der Waals surface area contributed by atoms with E-state index in [0.29, 0.717) is 20.9 Å². The maximum absolute atomic E-state index is 12.9. The van der Waals surface area contributed by atoms with Crippen molar-refractivity contribution in [3.05, 3.63) is 93.6 Å². The van der Waals surface area contributed by atoms with Gasteiger partial charge in [0, 0.05) is 22.0 Å². The van der Waals surface area contributed by atoms with E-state index in [2.05, 4.69) is 0 Å². The molecule has 0 unspecified atom stereocenters. The van der Waals surface area contributed by atoms with E-state index in [0.717, 1.165) is 17.7 Å². The first-order valence-electron chi connectivity index (χ1n) is 9.67. The SMILES string of the molecule is COC(=O)c1c(Oc2ccc(C(F)(F)F)cc2)c2cc(Cl)ccc2n1Cc1ccc(Cl)cc1. The molecule has 0 saturated carbocycles. The van der Waals surface area contributed by atoms with Crippen LogP contribution in [0.4, 0.5) is 13.2 Å². The fourth-order valence-electron chi connectivity index (χ4n) is 3.47. The smallest absolute Gasteiger partial charge is 0.416 e. The van der Waals surface area contributed by atoms with Gasteiger partial charge in [0.25, 0.3) is 0 Å². The molecule has 0 atom stereocenters. The molecule has 0 amide bonds. The number of esters is 1. The number of nitrogens with zero attached hydrogens (tertiary/aromatic N) is 1. The number of halogens is 5. The standard InChI is InChI=1S/C24H16Cl2F3NO3/c1-32-23(31)21-22(33-18-9-4-15(5-10-18)24(27,28)29)19-12-17(26)8-11-20(19)30(21)13-14-2-6-16(25)7-3-14/h2-12H,13H2,1H3. The minimum atomic E-state index is -4.47. The highest BCUT2D eigenvalue weighted by Gasteiger charge is 2.30. The summed E-state index contributed by atoms with van der Waals surface area (Å²) < 4.78 is 51.4. The molecule has 0 aliphatic heterocycles. The number of hydrogen-bond acceptors (Lipinski definition) is 3. The third-order valence-electron chi connectivity index (χ3n) is 5.01. The highest BCUT2D eigenvalue weighted by atomic mass is 35.5. The van der Waals surface area contributed by atoms with Gasteiger partial charge in [0.15, 0.2) is 11.4 Å². The summed E-state index contributed by atoms with van der Waals surface area (Å²) >= 11 is 12.2. The van der Waals surface area contributed by atoms with Crippen molar-refractivity contribution in [1.29, 1.82) is 0 Å². The third kappa shape index (κ3) is 4.79. The minimum absolute atomic E-state index is 0.101. The van der Waals surface area contributed by atoms with E-state index in [1.54, 1.807) is 34.9 Å². The van der Waals surface area contributed by atoms with Crippen molar-refractivity contribution in [2.75, 3.05) is 7.11 Å². The zero-order valence-electron chi connectivity index (χ0n) is 17.1. The molecule has 0 fully saturated rings. The Bertz CT molecular complexity index is 1310. The predicted molar refractivity (Wildman–Crippen MR) is 120 cm³/mol. The highest BCUT2D eigenvalue weighted by Crippen LogP contribution is 2.39. The quantitative estimate of drug-likeness (QED) is 0.269. The number of hydrogen-bond donors (Lipinski definition) is 0. The van der Waals surface area contributed by atoms with Crippen LogP contribution in [0.3, 0.4) is 0 Å². The molecule has 4 rings (SSSR count). The lowest BCUT2D eigenvalue weighted by Crippen LogP contribution is -2.12. The lowest BCUT2D eigenvalue weighted by Gasteiger charge is -2.12. The second-order valence-electron chi connectivity index (χ2n) is 7.17. The van der Waals surface area contributed by atoms with Crippen molar-refractivity contribution in [2.24, 2.45) is 0 Å². The number of ether oxygens (including phenoxy) is 2. The van der Waals surface area contributed by atoms with Crippen LogP contribution in [0.25, 0.3) is 10.9 Å². The Hall–Kier alpha value is -3.16. The van der Waals surface area contributed by atoms with Crippen LogP contribution < -0.4 is 4.74 Å². The van der Waals surface area contributed by atoms with Gasteiger partial charge in [-0.1, -0.05) is 35.3 Å². The molecule has 3 aromatic carbocycles. The van der Waals surface area contributed by atoms with Crippen molar-refractivity contribution in [3.8, 4) is 11.5 Å². The summed E-state index contributed by atoms with van der Waals surface area (Å²) in [4.78, 5) is 12.8. The van der Waals surface area contributed by atoms with E-state index in [1.807, 2.05) is 12.1 Å². The summed E-state index contributed by atoms with van der Waals surface area (Å²) in [5, 5.41) is 1.49. The van der Waals surface area contributed by atoms with Crippen molar-refractivity contribution in [3.63, 3.8) is 0 Å². The fraction of sp³-hybridized carbons (Fsp3) is 0.125. The first-order chi connectivity index (χ1) is 15.7. The van der Waals surface area contributed by atoms with Gasteiger partial charge in [0.2, 0.25) is 0 Å². The van der Waals surface area contributed by atoms with Gasteiger partial charge in [0.1, 0.15) is 5.75 Å². The van der Waals surface area contributed by atoms with Gasteiger partial charge in [-0.25, -0.2) is 4.79 Å². The maximum Gasteiger partial charge on any atom is 0.416 e. The van der Waals surface area contributed by atoms with Crippen molar-refractivity contribution >= 4 is 40.1 Å². The van der Waals surface area contributed by atoms with E-state index in [1.165, 1.54) is 19.2 Å². The second-order valence-corrected chi connectivity index (χ2v) is 8.04. The number of carbonyl (C=O) groups is 1. The summed E-state index contributed by atoms with van der Waals surface area (Å²) in [6, 6.07) is 16.3. The molecule has 4 aromatic rings. The molecular weight excluding hydrogens is 478 g/mol. The van der Waals surface area contributed by atoms with E-state index in [9.17, 15) is 18.0 Å². The number of aromatic nitrogens is 1. The van der Waals surface area contributed by atoms with Gasteiger partial charge in [-0.05, 0) is 60.2 Å². The largest absolute Gasteiger partial charge is 0.464 e. The van der Waals surface area contributed by atoms with E-state index < -0.39 is 17.7 Å². The molecule has 1 heterocycles. The number of fused-ring (bicyclic) bond motifs is 1. The second kappa shape index (κ2) is 9.00. The zero-order valence-corrected chi connectivity index (χ0v) is 18.6. The molecule has 0 saturated heterocycles. The van der Waals surface area contributed by atoms with E-state index in [4.69, 9.17) is 32.7 Å². The molecule has 9 heteroatoms. The van der Waals surface area contributed by atoms with Gasteiger partial charge < -0.3 is 14.0 Å². The van der Waals surface area contributed by atoms with Crippen LogP contribution in [0.2, 0.25) is 10.0 Å². The topological polar surface area (TPSA) is 40.5 Å². The van der Waals surface area contributed by atoms with Crippen LogP contribution in [0.5, 0.6) is 11.5 Å². The monoisotopic (exact) mass is 493 g/mol. The van der Waals surface area contributed by atoms with Crippen LogP contribution in [-0.2, 0) is 17.5 Å². The van der Waals surface area contributed by atoms with E-state index >= 15 is 0 Å². The molecule has 170 valence electrons. The molecule has 0 aliphatic rings. The molecule has 0 radical (unpaired) electrons. The van der Waals surface area contributed by atoms with Gasteiger partial charge in [0.05, 0.1) is 18.2 Å². The Kier molecular flexibility index (Phi) is 6.28. The summed E-state index contributed by atoms with van der Waals surface area (Å²) in [5.74, 6) is -0.412. The molecule has 33 heavy (non-hydrogen) atoms. The third-order valence-corrected chi connectivity index (χ3v) is 5.50. The summed E-state index contributed by atoms with van der Waals surface area (Å²) in [5.41, 5.74) is 0.787. The Morgan fingerprint density at radius 2 is 1.58 bits per heavy atom. The minimum Gasteiger partial charge on any atom is -0.464 e. The van der Waals surface area contributed by atoms with Gasteiger partial charge in [-0.3, -0.25) is 0 Å². The first-order valence-corrected chi connectivity index (χ1v) is 10.4. The van der Waals surface area contributed by atoms with Crippen LogP contribution in [0.15, 0.2) is 66.7 Å². The summed E-state index contributed by atoms with van der Waals surface area (Å²) in [6.45, 7) is 0.288. The van der Waals surface area contributed by atoms with Crippen molar-refractivity contribution < 1.29 is 27.4 Å². The fourth-order valence-corrected chi connectivity index (χ4v) is 3.76. The molecule has 0 spiro atoms. The Morgan fingerprint density at radius 1 is 0.939 bits per heavy atom. The van der Waals surface area contributed by atoms with Crippen LogP contribution >= 0.6 is 23.2 Å². The molecule has 4 nitrogen and oxygen atoms in total. The van der Waals surface area contributed by atoms with Crippen molar-refractivity contribution in [2.45, 2.75) is 12.7 Å². The molecular formula is C24H16Cl2F3NO3. The van der Waals surface area contributed by atoms with Gasteiger partial charge in [-0.2, -0.15) is 13.2 Å². The number of carbonyl (C=O) groups excluding carboxylic acids is 1. The Morgan fingerprint density at radius 3 is 2.18 bits per heavy atom. The average molecular weight is 494 g/mol. The van der Waals surface area contributed by atoms with Crippen LogP contribution in [-0.4, -0.2) is 17.6 Å². The lowest BCUT2D eigenvalue weighted by molar-refractivity contribution is -0.137. The number of alkyl halides is 3. The summed E-state index contributed by atoms with van der Waals surface area (Å²) in [6.07, 6.45) is -4.47. The van der Waals surface area contributed by atoms with Gasteiger partial charge in [-0.15, -0.1) is 0 Å². The number of benzene rings is 3. The zero-order chi connectivity index (χ0) is 23.8. The number of rotatable bonds is 5. The molecule has 0 N–H and O–H groups in total. The first kappa shape index (κ1) is 23.0.